The molecule has 0 spiro atoms. The highest BCUT2D eigenvalue weighted by atomic mass is 28.4. The summed E-state index contributed by atoms with van der Waals surface area (Å²) in [7, 11) is -0.527. The van der Waals surface area contributed by atoms with Crippen LogP contribution in [0.3, 0.4) is 0 Å². The maximum Gasteiger partial charge on any atom is 0.240 e. The van der Waals surface area contributed by atoms with E-state index in [1.165, 1.54) is 25.9 Å². The van der Waals surface area contributed by atoms with E-state index < -0.39 is 8.24 Å². The second-order valence-electron chi connectivity index (χ2n) is 6.54. The SMILES string of the molecule is CC(C)[Si](C)(N[Si]N1CCCC1)C(C)(C)C. The van der Waals surface area contributed by atoms with Crippen molar-refractivity contribution in [3.05, 3.63) is 0 Å². The molecule has 1 aliphatic heterocycles. The molecular formula is C12H28N2Si2. The average Bonchev–Trinajstić information content (AvgIpc) is 2.64. The lowest BCUT2D eigenvalue weighted by Gasteiger charge is -2.44. The number of hydrogen-bond acceptors (Lipinski definition) is 2. The van der Waals surface area contributed by atoms with Crippen LogP contribution < -0.4 is 4.65 Å². The molecule has 1 N–H and O–H groups in total. The molecule has 1 aliphatic rings. The van der Waals surface area contributed by atoms with Crippen LogP contribution in [0, 0.1) is 0 Å². The van der Waals surface area contributed by atoms with Gasteiger partial charge in [0.2, 0.25) is 9.84 Å². The Morgan fingerprint density at radius 2 is 1.69 bits per heavy atom. The fourth-order valence-corrected chi connectivity index (χ4v) is 8.71. The first-order chi connectivity index (χ1) is 7.27. The van der Waals surface area contributed by atoms with Gasteiger partial charge in [-0.25, -0.2) is 0 Å². The van der Waals surface area contributed by atoms with Gasteiger partial charge in [0.15, 0.2) is 0 Å². The van der Waals surface area contributed by atoms with E-state index in [1.54, 1.807) is 0 Å². The van der Waals surface area contributed by atoms with Crippen LogP contribution in [0.15, 0.2) is 0 Å². The lowest BCUT2D eigenvalue weighted by molar-refractivity contribution is 0.543. The standard InChI is InChI=1S/C12H28N2Si2/c1-11(2)16(6,12(3,4)5)13-15-14-9-7-8-10-14/h11,13H,7-10H2,1-6H3. The third kappa shape index (κ3) is 3.18. The summed E-state index contributed by atoms with van der Waals surface area (Å²) in [6, 6.07) is 0. The van der Waals surface area contributed by atoms with Crippen LogP contribution in [0.1, 0.15) is 47.5 Å². The Morgan fingerprint density at radius 1 is 1.19 bits per heavy atom. The van der Waals surface area contributed by atoms with Crippen LogP contribution >= 0.6 is 0 Å². The minimum absolute atomic E-state index is 0.438. The van der Waals surface area contributed by atoms with E-state index in [-0.39, 0.29) is 0 Å². The molecule has 1 saturated heterocycles. The van der Waals surface area contributed by atoms with Gasteiger partial charge in [0.05, 0.1) is 0 Å². The van der Waals surface area contributed by atoms with Crippen molar-refractivity contribution in [3.8, 4) is 0 Å². The van der Waals surface area contributed by atoms with Gasteiger partial charge in [0.1, 0.15) is 8.24 Å². The first kappa shape index (κ1) is 14.4. The number of rotatable bonds is 4. The molecular weight excluding hydrogens is 228 g/mol. The minimum Gasteiger partial charge on any atom is -0.347 e. The normalized spacial score (nSPS) is 22.7. The quantitative estimate of drug-likeness (QED) is 0.778. The molecule has 4 heteroatoms. The largest absolute Gasteiger partial charge is 0.347 e. The summed E-state index contributed by atoms with van der Waals surface area (Å²) in [5.41, 5.74) is 0.794. The van der Waals surface area contributed by atoms with Crippen LogP contribution in [0.4, 0.5) is 0 Å². The highest BCUT2D eigenvalue weighted by molar-refractivity contribution is 6.84. The Balaban J connectivity index is 2.57. The zero-order chi connectivity index (χ0) is 12.4. The predicted molar refractivity (Wildman–Crippen MR) is 76.1 cm³/mol. The lowest BCUT2D eigenvalue weighted by atomic mass is 10.2. The summed E-state index contributed by atoms with van der Waals surface area (Å²) >= 11 is 0. The molecule has 0 aliphatic carbocycles. The van der Waals surface area contributed by atoms with Crippen molar-refractivity contribution in [2.75, 3.05) is 13.1 Å². The van der Waals surface area contributed by atoms with Crippen LogP contribution in [0.2, 0.25) is 17.1 Å². The summed E-state index contributed by atoms with van der Waals surface area (Å²) in [6.07, 6.45) is 2.79. The van der Waals surface area contributed by atoms with Gasteiger partial charge in [-0.05, 0) is 36.5 Å². The summed E-state index contributed by atoms with van der Waals surface area (Å²) in [5, 5.41) is 0.438. The molecule has 1 heterocycles. The molecule has 1 unspecified atom stereocenters. The summed E-state index contributed by atoms with van der Waals surface area (Å²) in [5.74, 6) is 0. The highest BCUT2D eigenvalue weighted by Gasteiger charge is 2.42. The second-order valence-corrected chi connectivity index (χ2v) is 13.5. The van der Waals surface area contributed by atoms with Crippen molar-refractivity contribution < 1.29 is 0 Å². The van der Waals surface area contributed by atoms with E-state index in [1.807, 2.05) is 0 Å². The summed E-state index contributed by atoms with van der Waals surface area (Å²) < 4.78 is 6.57. The fraction of sp³-hybridized carbons (Fsp3) is 1.00. The van der Waals surface area contributed by atoms with Crippen molar-refractivity contribution >= 4 is 18.1 Å². The third-order valence-electron chi connectivity index (χ3n) is 4.29. The maximum atomic E-state index is 3.97. The molecule has 0 amide bonds. The molecule has 1 atom stereocenters. The molecule has 0 aromatic heterocycles. The molecule has 0 bridgehead atoms. The molecule has 0 aromatic rings. The molecule has 0 aromatic carbocycles. The lowest BCUT2D eigenvalue weighted by Crippen LogP contribution is -2.61. The molecule has 0 saturated carbocycles. The van der Waals surface area contributed by atoms with Crippen molar-refractivity contribution in [1.29, 1.82) is 0 Å². The van der Waals surface area contributed by atoms with Gasteiger partial charge in [0, 0.05) is 0 Å². The van der Waals surface area contributed by atoms with E-state index in [4.69, 9.17) is 0 Å². The fourth-order valence-electron chi connectivity index (χ4n) is 2.22. The molecule has 1 rings (SSSR count). The molecule has 94 valence electrons. The van der Waals surface area contributed by atoms with Gasteiger partial charge in [-0.3, -0.25) is 0 Å². The van der Waals surface area contributed by atoms with Crippen LogP contribution in [0.5, 0.6) is 0 Å². The van der Waals surface area contributed by atoms with Gasteiger partial charge >= 0.3 is 0 Å². The Hall–Kier alpha value is 0.354. The van der Waals surface area contributed by atoms with Gasteiger partial charge in [-0.1, -0.05) is 41.2 Å². The Labute approximate surface area is 105 Å². The molecule has 1 fully saturated rings. The van der Waals surface area contributed by atoms with E-state index in [0.717, 1.165) is 15.4 Å². The summed E-state index contributed by atoms with van der Waals surface area (Å²) in [6.45, 7) is 17.1. The van der Waals surface area contributed by atoms with Gasteiger partial charge < -0.3 is 9.21 Å². The molecule has 16 heavy (non-hydrogen) atoms. The number of nitrogens with zero attached hydrogens (tertiary/aromatic N) is 1. The Kier molecular flexibility index (Phi) is 4.81. The monoisotopic (exact) mass is 256 g/mol. The van der Waals surface area contributed by atoms with Crippen molar-refractivity contribution in [2.24, 2.45) is 0 Å². The van der Waals surface area contributed by atoms with Crippen LogP contribution in [-0.2, 0) is 0 Å². The number of nitrogens with one attached hydrogen (secondary N) is 1. The number of hydrogen-bond donors (Lipinski definition) is 1. The van der Waals surface area contributed by atoms with E-state index >= 15 is 0 Å². The van der Waals surface area contributed by atoms with Crippen molar-refractivity contribution in [3.63, 3.8) is 0 Å². The van der Waals surface area contributed by atoms with Crippen LogP contribution in [-0.4, -0.2) is 35.7 Å². The van der Waals surface area contributed by atoms with Crippen molar-refractivity contribution in [2.45, 2.75) is 64.6 Å². The topological polar surface area (TPSA) is 15.3 Å². The molecule has 2 radical (unpaired) electrons. The predicted octanol–water partition coefficient (Wildman–Crippen LogP) is 2.99. The van der Waals surface area contributed by atoms with Crippen LogP contribution in [0.25, 0.3) is 0 Å². The first-order valence-electron chi connectivity index (χ1n) is 6.55. The van der Waals surface area contributed by atoms with E-state index in [9.17, 15) is 0 Å². The molecule has 2 nitrogen and oxygen atoms in total. The Morgan fingerprint density at radius 3 is 2.06 bits per heavy atom. The van der Waals surface area contributed by atoms with E-state index in [2.05, 4.69) is 50.4 Å². The first-order valence-corrected chi connectivity index (χ1v) is 10.1. The second kappa shape index (κ2) is 5.33. The van der Waals surface area contributed by atoms with Gasteiger partial charge in [-0.2, -0.15) is 0 Å². The van der Waals surface area contributed by atoms with E-state index in [0.29, 0.717) is 5.04 Å². The zero-order valence-corrected chi connectivity index (χ0v) is 13.9. The zero-order valence-electron chi connectivity index (χ0n) is 11.9. The average molecular weight is 257 g/mol. The Bertz CT molecular complexity index is 220. The minimum atomic E-state index is -1.38. The third-order valence-corrected chi connectivity index (χ3v) is 13.0. The van der Waals surface area contributed by atoms with Crippen molar-refractivity contribution in [1.82, 2.24) is 9.21 Å². The van der Waals surface area contributed by atoms with Gasteiger partial charge in [-0.15, -0.1) is 0 Å². The summed E-state index contributed by atoms with van der Waals surface area (Å²) in [4.78, 5) is 0. The maximum absolute atomic E-state index is 3.97. The highest BCUT2D eigenvalue weighted by Crippen LogP contribution is 2.40. The van der Waals surface area contributed by atoms with Gasteiger partial charge in [0.25, 0.3) is 0 Å². The smallest absolute Gasteiger partial charge is 0.240 e.